The number of H-pyrrole nitrogens is 2. The predicted octanol–water partition coefficient (Wildman–Crippen LogP) is 15.8. The van der Waals surface area contributed by atoms with Crippen LogP contribution in [-0.2, 0) is 74.5 Å². The van der Waals surface area contributed by atoms with E-state index in [0.717, 1.165) is 259 Å². The van der Waals surface area contributed by atoms with Crippen LogP contribution in [0.2, 0.25) is 0 Å². The number of carbonyl (C=O) groups excluding carboxylic acids is 1. The second kappa shape index (κ2) is 46.0. The van der Waals surface area contributed by atoms with Crippen LogP contribution in [0.15, 0.2) is 163 Å². The molecule has 0 amide bonds. The van der Waals surface area contributed by atoms with Crippen LogP contribution in [0.3, 0.4) is 0 Å². The van der Waals surface area contributed by atoms with Crippen LogP contribution in [0.4, 0.5) is 0 Å². The first kappa shape index (κ1) is 90.9. The van der Waals surface area contributed by atoms with Crippen LogP contribution in [0.5, 0.6) is 0 Å². The van der Waals surface area contributed by atoms with Crippen LogP contribution in [0.1, 0.15) is 189 Å². The number of hydrogen-bond donors (Lipinski definition) is 3. The molecule has 0 spiro atoms. The van der Waals surface area contributed by atoms with Crippen molar-refractivity contribution in [3.05, 3.63) is 247 Å². The molecule has 12 nitrogen and oxygen atoms in total. The van der Waals surface area contributed by atoms with Gasteiger partial charge >= 0.3 is 108 Å². The number of carbonyl (C=O) groups is 1. The van der Waals surface area contributed by atoms with E-state index in [1.807, 2.05) is 128 Å². The first-order valence-corrected chi connectivity index (χ1v) is 69.3. The van der Waals surface area contributed by atoms with Gasteiger partial charge in [-0.1, -0.05) is 167 Å². The molecule has 16 bridgehead atoms. The molecule has 8 aromatic heterocycles. The van der Waals surface area contributed by atoms with E-state index >= 15 is 0 Å². The molecule has 15 aliphatic rings. The predicted molar refractivity (Wildman–Crippen MR) is 677 cm³/mol. The Kier molecular flexibility index (Phi) is 29.2. The van der Waals surface area contributed by atoms with Crippen molar-refractivity contribution in [2.24, 2.45) is 0 Å². The Bertz CT molecular complexity index is 8430. The van der Waals surface area contributed by atoms with Crippen molar-refractivity contribution in [2.75, 3.05) is 12.6 Å². The second-order valence-electron chi connectivity index (χ2n) is 37.9. The molecule has 4 saturated heterocycles. The average Bonchev–Trinajstić information content (AvgIpc) is 1.46. The van der Waals surface area contributed by atoms with Crippen molar-refractivity contribution >= 4 is 353 Å². The third-order valence-corrected chi connectivity index (χ3v) is 68.4. The monoisotopic (exact) mass is 2510 g/mol. The minimum absolute atomic E-state index is 0. The molecule has 1 saturated carbocycles. The number of aldehydes is 1. The smallest absolute Gasteiger partial charge is 0 e. The molecule has 13 unspecified atom stereocenters. The number of allylic oxidation sites excluding steroid dienone is 8. The van der Waals surface area contributed by atoms with Gasteiger partial charge in [0.05, 0.1) is 58.2 Å². The van der Waals surface area contributed by atoms with E-state index in [2.05, 4.69) is 138 Å². The maximum Gasteiger partial charge on any atom is 2.00 e. The van der Waals surface area contributed by atoms with E-state index in [1.165, 1.54) is 120 Å². The summed E-state index contributed by atoms with van der Waals surface area (Å²) >= 11 is 0. The molecule has 143 heavy (non-hydrogen) atoms. The number of aryl methyl sites for hydroxylation is 6. The van der Waals surface area contributed by atoms with Gasteiger partial charge in [0.15, 0.2) is 67.4 Å². The molecule has 9 aliphatic heterocycles. The molecular formula is C102H116B12N10O2P15Pt2+2. The van der Waals surface area contributed by atoms with Gasteiger partial charge in [0.25, 0.3) is 13.8 Å². The Labute approximate surface area is 924 Å². The van der Waals surface area contributed by atoms with Crippen LogP contribution >= 0.6 is 124 Å². The Morgan fingerprint density at radius 2 is 0.972 bits per heavy atom. The van der Waals surface area contributed by atoms with Gasteiger partial charge in [-0.15, -0.1) is 30.5 Å². The fourth-order valence-electron chi connectivity index (χ4n) is 22.5. The zero-order chi connectivity index (χ0) is 108. The summed E-state index contributed by atoms with van der Waals surface area (Å²) in [5.74, 6) is 1.17. The van der Waals surface area contributed by atoms with Crippen molar-refractivity contribution in [1.82, 2.24) is 44.4 Å². The second-order valence-corrected chi connectivity index (χ2v) is 72.2. The van der Waals surface area contributed by atoms with Crippen LogP contribution in [0.25, 0.3) is 139 Å². The van der Waals surface area contributed by atoms with Gasteiger partial charge in [0.2, 0.25) is 6.07 Å². The minimum Gasteiger partial charge on any atom is 0 e. The van der Waals surface area contributed by atoms with Gasteiger partial charge in [0, 0.05) is 87.5 Å². The van der Waals surface area contributed by atoms with Crippen molar-refractivity contribution in [1.29, 1.82) is 17.1 Å². The molecule has 28 rings (SSSR count). The first-order valence-electron chi connectivity index (χ1n) is 56.0. The van der Waals surface area contributed by atoms with Crippen molar-refractivity contribution < 1.29 is 57.9 Å². The molecule has 5 aromatic carbocycles. The maximum absolute atomic E-state index is 10.9. The van der Waals surface area contributed by atoms with E-state index in [-0.39, 0.29) is 76.2 Å². The van der Waals surface area contributed by atoms with Gasteiger partial charge in [-0.3, -0.25) is 9.36 Å². The minimum atomic E-state index is -1.90. The summed E-state index contributed by atoms with van der Waals surface area (Å²) in [4.78, 5) is 51.4. The van der Waals surface area contributed by atoms with E-state index in [4.69, 9.17) is 44.0 Å². The summed E-state index contributed by atoms with van der Waals surface area (Å²) in [6.07, 6.45) is 26.9. The van der Waals surface area contributed by atoms with E-state index in [1.54, 1.807) is 17.8 Å². The number of aromatic nitrogens is 10. The number of nitrogens with zero attached hydrogens (tertiary/aromatic N) is 8. The van der Waals surface area contributed by atoms with Crippen molar-refractivity contribution in [3.63, 3.8) is 0 Å². The summed E-state index contributed by atoms with van der Waals surface area (Å²) < 4.78 is 113. The summed E-state index contributed by atoms with van der Waals surface area (Å²) in [7, 11) is 20.4. The molecule has 5 radical (unpaired) electrons. The number of fused-ring (bicyclic) bond motifs is 43. The first-order chi connectivity index (χ1) is 74.3. The normalized spacial score (nSPS) is 20.5. The third-order valence-electron chi connectivity index (χ3n) is 29.9. The largest absolute Gasteiger partial charge is 2.00 e. The molecular weight excluding hydrogens is 2380 g/mol. The molecule has 715 valence electrons. The van der Waals surface area contributed by atoms with Gasteiger partial charge in [-0.25, -0.2) is 19.9 Å². The zero-order valence-electron chi connectivity index (χ0n) is 93.0. The standard InChI is InChI=1S/C36H45B4N4P4.C36H27B4N4P4.C19H16N2O.C9H12.CH6BOP.CH5BP3.B2H3P3.2Pt.H2/c2*45-37-25-29-17-9-1-2-10-18(17)30(41-29)26(38-46)32-21-13-5-6-14-22(21)34(43-32)28(40-48)36-24-16-8-7-15-23(24)35(44-36)27(39-47)33-20-12-4-3-11-19(20)31(25)42-33;1-13-3-9-17-19(16-7-5-15(11-22)6-8-16)18-10-4-14(2)21(18)12-20(13)17;1-2-5-9-7-3-6-8(9)4-1;1-4-2-3;2-5-1-4(5)3-5;1-5-2-4(5)3-5;;;/h37-39,41,43H,1-16,45-48H2;1-16,37-39H,45-48H2;3,5-11H,12H2,1-2H3;6-7H,1-5H2;2-4H,1H3;2-3,5H,1H2;1,3,5H;;;1H/q;-2;+2;;;;;;+2;/i2*37D,38D,39D,48D;;;2D;2D,5T;1D,5T;;;. The molecule has 5 fully saturated rings. The average molecular weight is 2510 g/mol. The van der Waals surface area contributed by atoms with E-state index < -0.39 is 61.7 Å². The number of aromatic amines is 2. The van der Waals surface area contributed by atoms with Crippen molar-refractivity contribution in [2.45, 2.75) is 155 Å². The Balaban J connectivity index is 0.000000134. The molecule has 17 heterocycles. The van der Waals surface area contributed by atoms with Gasteiger partial charge in [-0.05, 0) is 261 Å². The van der Waals surface area contributed by atoms with E-state index in [0.29, 0.717) is 75.3 Å². The topological polar surface area (TPSA) is 157 Å². The Hall–Kier alpha value is -3.60. The summed E-state index contributed by atoms with van der Waals surface area (Å²) in [6.45, 7) is 7.01. The van der Waals surface area contributed by atoms with Crippen LogP contribution in [-0.4, -0.2) is 160 Å². The Morgan fingerprint density at radius 3 is 1.41 bits per heavy atom. The number of benzene rings is 5. The third kappa shape index (κ3) is 20.3. The van der Waals surface area contributed by atoms with Crippen LogP contribution < -0.4 is 63.6 Å². The fraction of sp³-hybridized carbons (Fsp3) is 0.255. The number of nitrogens with one attached hydrogen (secondary N) is 2. The van der Waals surface area contributed by atoms with E-state index in [9.17, 15) is 12.8 Å². The number of rotatable bonds is 15. The summed E-state index contributed by atoms with van der Waals surface area (Å²) in [6, 6.07) is 49.5. The molecule has 13 aromatic rings. The van der Waals surface area contributed by atoms with Gasteiger partial charge in [-0.2, -0.15) is 72.8 Å². The fourth-order valence-corrected chi connectivity index (χ4v) is 56.4. The zero-order valence-corrected chi connectivity index (χ0v) is 100. The summed E-state index contributed by atoms with van der Waals surface area (Å²) in [5, 5.41) is 12.7. The SMILES string of the molecule is C1=C2CCCCC2=CC1.Cc1ccc2n1C[n+]1c(C)[c+]cc1=C2c1ccc(C=O)cc1.[2H]B(O)PC.[2H]P[B]c1c2nc(c(B([2H])P)c3[n-]c(c(B([2H])P)c4nc(c(B([2H])P)c5[n-]c1c1ccccc51)-c1ccccc1-4)c1ccccc31)-c1ccccc1-2.[2H]P[B]c1c2nc(c(B([2H])P)c3nc(c(B([2H])P)c4[nH]c(c5c4CCCC5)c(B([2H])P)c4[nH]c1c1c4CCCC1)C1=C3CCCC1)C1=C2CCCC1.[2H][B]P12([3H])CP1P2.[2H][B]P12([3H])[B]P1P2.[HH].[Pt+2].[Pt]. The molecule has 3 N–H and O–H groups in total. The molecule has 13 atom stereocenters. The Morgan fingerprint density at radius 1 is 0.566 bits per heavy atom. The maximum atomic E-state index is 10.9. The van der Waals surface area contributed by atoms with Crippen molar-refractivity contribution in [3.8, 4) is 45.0 Å². The molecule has 6 aliphatic carbocycles. The number of hydrogen-bond acceptors (Lipinski definition) is 6. The van der Waals surface area contributed by atoms with Gasteiger partial charge < -0.3 is 25.0 Å². The quantitative estimate of drug-likeness (QED) is 0.0301. The molecule has 41 heteroatoms. The summed E-state index contributed by atoms with van der Waals surface area (Å²) in [5.41, 5.74) is 43.3. The van der Waals surface area contributed by atoms with Crippen LogP contribution in [0, 0.1) is 19.9 Å². The van der Waals surface area contributed by atoms with Gasteiger partial charge in [0.1, 0.15) is 6.29 Å².